The number of rotatable bonds is 5. The van der Waals surface area contributed by atoms with E-state index in [1.807, 2.05) is 0 Å². The van der Waals surface area contributed by atoms with E-state index in [9.17, 15) is 13.2 Å². The van der Waals surface area contributed by atoms with Gasteiger partial charge in [-0.2, -0.15) is 5.10 Å². The van der Waals surface area contributed by atoms with E-state index in [4.69, 9.17) is 4.74 Å². The molecular weight excluding hydrogens is 282 g/mol. The summed E-state index contributed by atoms with van der Waals surface area (Å²) in [5, 5.41) is 9.49. The zero-order chi connectivity index (χ0) is 14.6. The molecule has 0 aromatic carbocycles. The van der Waals surface area contributed by atoms with Crippen molar-refractivity contribution in [3.63, 3.8) is 0 Å². The molecule has 20 heavy (non-hydrogen) atoms. The van der Waals surface area contributed by atoms with Crippen LogP contribution in [0.3, 0.4) is 0 Å². The molecule has 2 rings (SSSR count). The first kappa shape index (κ1) is 15.0. The summed E-state index contributed by atoms with van der Waals surface area (Å²) in [6, 6.07) is 1.78. The minimum absolute atomic E-state index is 0.0619. The number of ether oxygens (including phenoxy) is 1. The standard InChI is InChI=1S/C12H19N3O4S/c1-20(17,18)6-4-12(16)13-11-7-10(14-15-11)9-3-2-5-19-8-9/h7,9H,2-6,8H2,1H3,(H2,13,14,15,16). The fourth-order valence-electron chi connectivity index (χ4n) is 2.08. The second-order valence-corrected chi connectivity index (χ2v) is 7.31. The number of hydrogen-bond acceptors (Lipinski definition) is 5. The van der Waals surface area contributed by atoms with Crippen molar-refractivity contribution in [2.75, 3.05) is 30.5 Å². The molecule has 1 aromatic heterocycles. The van der Waals surface area contributed by atoms with Crippen molar-refractivity contribution in [1.29, 1.82) is 0 Å². The largest absolute Gasteiger partial charge is 0.381 e. The maximum Gasteiger partial charge on any atom is 0.226 e. The van der Waals surface area contributed by atoms with Crippen LogP contribution in [0.2, 0.25) is 0 Å². The molecule has 1 atom stereocenters. The van der Waals surface area contributed by atoms with Crippen LogP contribution in [0.1, 0.15) is 30.9 Å². The van der Waals surface area contributed by atoms with Gasteiger partial charge in [-0.05, 0) is 12.8 Å². The maximum absolute atomic E-state index is 11.6. The van der Waals surface area contributed by atoms with Gasteiger partial charge >= 0.3 is 0 Å². The van der Waals surface area contributed by atoms with Gasteiger partial charge in [-0.25, -0.2) is 8.42 Å². The zero-order valence-corrected chi connectivity index (χ0v) is 12.2. The third kappa shape index (κ3) is 4.61. The molecular formula is C12H19N3O4S. The lowest BCUT2D eigenvalue weighted by Gasteiger charge is -2.20. The Hall–Kier alpha value is -1.41. The number of hydrogen-bond donors (Lipinski definition) is 2. The Labute approximate surface area is 118 Å². The molecule has 1 saturated heterocycles. The molecule has 1 aliphatic rings. The van der Waals surface area contributed by atoms with Crippen molar-refractivity contribution in [2.45, 2.75) is 25.2 Å². The van der Waals surface area contributed by atoms with E-state index in [1.165, 1.54) is 0 Å². The van der Waals surface area contributed by atoms with E-state index in [0.717, 1.165) is 31.4 Å². The smallest absolute Gasteiger partial charge is 0.226 e. The van der Waals surface area contributed by atoms with Crippen molar-refractivity contribution in [3.05, 3.63) is 11.8 Å². The average molecular weight is 301 g/mol. The van der Waals surface area contributed by atoms with Gasteiger partial charge in [0.15, 0.2) is 5.82 Å². The van der Waals surface area contributed by atoms with Gasteiger partial charge in [0.05, 0.1) is 12.4 Å². The van der Waals surface area contributed by atoms with Gasteiger partial charge < -0.3 is 10.1 Å². The molecule has 2 N–H and O–H groups in total. The average Bonchev–Trinajstić information content (AvgIpc) is 2.85. The van der Waals surface area contributed by atoms with Crippen LogP contribution < -0.4 is 5.32 Å². The highest BCUT2D eigenvalue weighted by Gasteiger charge is 2.18. The minimum atomic E-state index is -3.13. The van der Waals surface area contributed by atoms with Crippen LogP contribution in [-0.2, 0) is 19.4 Å². The molecule has 7 nitrogen and oxygen atoms in total. The summed E-state index contributed by atoms with van der Waals surface area (Å²) in [4.78, 5) is 11.6. The fourth-order valence-corrected chi connectivity index (χ4v) is 2.64. The van der Waals surface area contributed by atoms with E-state index in [1.54, 1.807) is 6.07 Å². The second-order valence-electron chi connectivity index (χ2n) is 5.05. The quantitative estimate of drug-likeness (QED) is 0.832. The van der Waals surface area contributed by atoms with Crippen LogP contribution in [0.4, 0.5) is 5.82 Å². The van der Waals surface area contributed by atoms with E-state index in [0.29, 0.717) is 12.4 Å². The first-order valence-electron chi connectivity index (χ1n) is 6.55. The lowest BCUT2D eigenvalue weighted by atomic mass is 9.99. The highest BCUT2D eigenvalue weighted by molar-refractivity contribution is 7.90. The molecule has 1 fully saturated rings. The number of anilines is 1. The molecule has 2 heterocycles. The molecule has 0 bridgehead atoms. The van der Waals surface area contributed by atoms with Crippen molar-refractivity contribution in [3.8, 4) is 0 Å². The minimum Gasteiger partial charge on any atom is -0.381 e. The number of nitrogens with one attached hydrogen (secondary N) is 2. The molecule has 8 heteroatoms. The Kier molecular flexibility index (Phi) is 4.77. The molecule has 0 saturated carbocycles. The zero-order valence-electron chi connectivity index (χ0n) is 11.4. The molecule has 1 unspecified atom stereocenters. The van der Waals surface area contributed by atoms with Gasteiger partial charge in [-0.3, -0.25) is 9.89 Å². The van der Waals surface area contributed by atoms with Gasteiger partial charge in [0.1, 0.15) is 9.84 Å². The predicted molar refractivity (Wildman–Crippen MR) is 74.3 cm³/mol. The van der Waals surface area contributed by atoms with Gasteiger partial charge in [-0.1, -0.05) is 0 Å². The summed E-state index contributed by atoms with van der Waals surface area (Å²) in [6.07, 6.45) is 3.09. The maximum atomic E-state index is 11.6. The third-order valence-corrected chi connectivity index (χ3v) is 4.11. The number of sulfone groups is 1. The highest BCUT2D eigenvalue weighted by Crippen LogP contribution is 2.25. The van der Waals surface area contributed by atoms with Gasteiger partial charge in [0, 0.05) is 37.0 Å². The second kappa shape index (κ2) is 6.36. The summed E-state index contributed by atoms with van der Waals surface area (Å²) in [5.74, 6) is 0.183. The van der Waals surface area contributed by atoms with Gasteiger partial charge in [0.25, 0.3) is 0 Å². The van der Waals surface area contributed by atoms with Crippen LogP contribution in [0.25, 0.3) is 0 Å². The Morgan fingerprint density at radius 2 is 2.40 bits per heavy atom. The fraction of sp³-hybridized carbons (Fsp3) is 0.667. The van der Waals surface area contributed by atoms with Crippen LogP contribution in [-0.4, -0.2) is 49.7 Å². The molecule has 1 amide bonds. The molecule has 0 aliphatic carbocycles. The monoisotopic (exact) mass is 301 g/mol. The number of aromatic amines is 1. The third-order valence-electron chi connectivity index (χ3n) is 3.17. The number of carbonyl (C=O) groups is 1. The van der Waals surface area contributed by atoms with Crippen molar-refractivity contribution in [2.24, 2.45) is 0 Å². The molecule has 1 aromatic rings. The van der Waals surface area contributed by atoms with Crippen LogP contribution in [0.5, 0.6) is 0 Å². The summed E-state index contributed by atoms with van der Waals surface area (Å²) in [7, 11) is -3.13. The summed E-state index contributed by atoms with van der Waals surface area (Å²) < 4.78 is 27.4. The van der Waals surface area contributed by atoms with Gasteiger partial charge in [-0.15, -0.1) is 0 Å². The lowest BCUT2D eigenvalue weighted by molar-refractivity contribution is -0.115. The number of nitrogens with zero attached hydrogens (tertiary/aromatic N) is 1. The van der Waals surface area contributed by atoms with Crippen LogP contribution in [0, 0.1) is 0 Å². The Morgan fingerprint density at radius 3 is 3.05 bits per heavy atom. The van der Waals surface area contributed by atoms with Crippen molar-refractivity contribution >= 4 is 21.6 Å². The predicted octanol–water partition coefficient (Wildman–Crippen LogP) is 0.677. The van der Waals surface area contributed by atoms with Crippen LogP contribution >= 0.6 is 0 Å². The van der Waals surface area contributed by atoms with E-state index in [-0.39, 0.29) is 24.0 Å². The number of carbonyl (C=O) groups excluding carboxylic acids is 1. The van der Waals surface area contributed by atoms with Gasteiger partial charge in [0.2, 0.25) is 5.91 Å². The number of aromatic nitrogens is 2. The normalized spacial score (nSPS) is 19.8. The SMILES string of the molecule is CS(=O)(=O)CCC(=O)Nc1cc(C2CCCOC2)[nH]n1. The highest BCUT2D eigenvalue weighted by atomic mass is 32.2. The van der Waals surface area contributed by atoms with E-state index < -0.39 is 9.84 Å². The van der Waals surface area contributed by atoms with Crippen molar-refractivity contribution < 1.29 is 17.9 Å². The molecule has 0 spiro atoms. The summed E-state index contributed by atoms with van der Waals surface area (Å²) in [5.41, 5.74) is 0.933. The Balaban J connectivity index is 1.87. The van der Waals surface area contributed by atoms with E-state index in [2.05, 4.69) is 15.5 Å². The van der Waals surface area contributed by atoms with Crippen molar-refractivity contribution in [1.82, 2.24) is 10.2 Å². The summed E-state index contributed by atoms with van der Waals surface area (Å²) in [6.45, 7) is 1.45. The first-order valence-corrected chi connectivity index (χ1v) is 8.61. The molecule has 1 aliphatic heterocycles. The molecule has 0 radical (unpaired) electrons. The topological polar surface area (TPSA) is 101 Å². The molecule has 112 valence electrons. The van der Waals surface area contributed by atoms with E-state index >= 15 is 0 Å². The Bertz CT molecular complexity index is 561. The summed E-state index contributed by atoms with van der Waals surface area (Å²) >= 11 is 0. The Morgan fingerprint density at radius 1 is 1.60 bits per heavy atom. The van der Waals surface area contributed by atoms with Crippen LogP contribution in [0.15, 0.2) is 6.07 Å². The number of H-pyrrole nitrogens is 1. The first-order chi connectivity index (χ1) is 9.44. The number of amides is 1. The lowest BCUT2D eigenvalue weighted by Crippen LogP contribution is -2.16.